The molecular weight excluding hydrogens is 288 g/mol. The van der Waals surface area contributed by atoms with Gasteiger partial charge in [0.2, 0.25) is 11.8 Å². The second kappa shape index (κ2) is 6.34. The molecule has 0 spiro atoms. The van der Waals surface area contributed by atoms with Crippen LogP contribution in [0.4, 0.5) is 5.69 Å². The fraction of sp³-hybridized carbons (Fsp3) is 0.579. The number of carbonyl (C=O) groups excluding carboxylic acids is 2. The summed E-state index contributed by atoms with van der Waals surface area (Å²) in [5.74, 6) is 0.359. The first-order valence-electron chi connectivity index (χ1n) is 8.68. The molecule has 1 heterocycles. The summed E-state index contributed by atoms with van der Waals surface area (Å²) in [7, 11) is 0. The highest BCUT2D eigenvalue weighted by atomic mass is 16.2. The Morgan fingerprint density at radius 1 is 1.13 bits per heavy atom. The molecule has 2 aliphatic rings. The standard InChI is InChI=1S/C19H26N2O2/c1-13-7-6-10-17(14(13)2)21-12-11-20(15(3)18(21)22)19(23)16-8-4-5-9-16/h6-7,10,15-16H,4-5,8-9,11-12H2,1-3H3/t15-/m1/s1. The Hall–Kier alpha value is -1.84. The van der Waals surface area contributed by atoms with Crippen LogP contribution in [0.3, 0.4) is 0 Å². The molecular formula is C19H26N2O2. The van der Waals surface area contributed by atoms with E-state index < -0.39 is 0 Å². The van der Waals surface area contributed by atoms with Crippen LogP contribution in [0, 0.1) is 19.8 Å². The molecule has 1 aliphatic heterocycles. The van der Waals surface area contributed by atoms with Gasteiger partial charge in [0.05, 0.1) is 0 Å². The number of nitrogens with zero attached hydrogens (tertiary/aromatic N) is 2. The molecule has 1 aromatic carbocycles. The molecule has 1 saturated carbocycles. The van der Waals surface area contributed by atoms with Gasteiger partial charge in [-0.05, 0) is 50.8 Å². The Labute approximate surface area is 138 Å². The molecule has 0 bridgehead atoms. The lowest BCUT2D eigenvalue weighted by molar-refractivity contribution is -0.143. The zero-order valence-corrected chi connectivity index (χ0v) is 14.3. The number of amides is 2. The first kappa shape index (κ1) is 16.0. The van der Waals surface area contributed by atoms with E-state index in [0.29, 0.717) is 13.1 Å². The molecule has 0 N–H and O–H groups in total. The van der Waals surface area contributed by atoms with Gasteiger partial charge in [0.1, 0.15) is 6.04 Å². The van der Waals surface area contributed by atoms with E-state index >= 15 is 0 Å². The van der Waals surface area contributed by atoms with Gasteiger partial charge in [-0.15, -0.1) is 0 Å². The van der Waals surface area contributed by atoms with Gasteiger partial charge in [-0.2, -0.15) is 0 Å². The fourth-order valence-corrected chi connectivity index (χ4v) is 3.85. The van der Waals surface area contributed by atoms with E-state index in [2.05, 4.69) is 19.9 Å². The maximum absolute atomic E-state index is 12.9. The van der Waals surface area contributed by atoms with E-state index in [9.17, 15) is 9.59 Å². The van der Waals surface area contributed by atoms with Crippen LogP contribution >= 0.6 is 0 Å². The van der Waals surface area contributed by atoms with Crippen LogP contribution in [-0.4, -0.2) is 35.8 Å². The number of piperazine rings is 1. The minimum absolute atomic E-state index is 0.0382. The minimum Gasteiger partial charge on any atom is -0.329 e. The Kier molecular flexibility index (Phi) is 4.42. The molecule has 3 rings (SSSR count). The van der Waals surface area contributed by atoms with Gasteiger partial charge in [0, 0.05) is 24.7 Å². The quantitative estimate of drug-likeness (QED) is 0.842. The summed E-state index contributed by atoms with van der Waals surface area (Å²) in [6.07, 6.45) is 4.25. The zero-order chi connectivity index (χ0) is 16.6. The first-order valence-corrected chi connectivity index (χ1v) is 8.68. The smallest absolute Gasteiger partial charge is 0.249 e. The summed E-state index contributed by atoms with van der Waals surface area (Å²) in [5, 5.41) is 0. The molecule has 4 nitrogen and oxygen atoms in total. The van der Waals surface area contributed by atoms with Gasteiger partial charge < -0.3 is 9.80 Å². The monoisotopic (exact) mass is 314 g/mol. The maximum atomic E-state index is 12.9. The van der Waals surface area contributed by atoms with Crippen molar-refractivity contribution in [2.24, 2.45) is 5.92 Å². The van der Waals surface area contributed by atoms with E-state index in [1.54, 1.807) is 4.90 Å². The van der Waals surface area contributed by atoms with Crippen LogP contribution in [0.15, 0.2) is 18.2 Å². The highest BCUT2D eigenvalue weighted by Crippen LogP contribution is 2.30. The van der Waals surface area contributed by atoms with Crippen LogP contribution in [-0.2, 0) is 9.59 Å². The van der Waals surface area contributed by atoms with Crippen molar-refractivity contribution < 1.29 is 9.59 Å². The van der Waals surface area contributed by atoms with Crippen molar-refractivity contribution >= 4 is 17.5 Å². The third kappa shape index (κ3) is 2.87. The van der Waals surface area contributed by atoms with E-state index in [1.165, 1.54) is 5.56 Å². The predicted octanol–water partition coefficient (Wildman–Crippen LogP) is 3.06. The Morgan fingerprint density at radius 3 is 2.52 bits per heavy atom. The second-order valence-corrected chi connectivity index (χ2v) is 6.90. The minimum atomic E-state index is -0.364. The average molecular weight is 314 g/mol. The Bertz CT molecular complexity index is 620. The second-order valence-electron chi connectivity index (χ2n) is 6.90. The van der Waals surface area contributed by atoms with Gasteiger partial charge in [-0.25, -0.2) is 0 Å². The van der Waals surface area contributed by atoms with Crippen LogP contribution in [0.1, 0.15) is 43.7 Å². The average Bonchev–Trinajstić information content (AvgIpc) is 3.07. The highest BCUT2D eigenvalue weighted by molar-refractivity contribution is 6.01. The van der Waals surface area contributed by atoms with Gasteiger partial charge in [-0.1, -0.05) is 25.0 Å². The highest BCUT2D eigenvalue weighted by Gasteiger charge is 2.38. The van der Waals surface area contributed by atoms with E-state index in [-0.39, 0.29) is 23.8 Å². The third-order valence-electron chi connectivity index (χ3n) is 5.51. The van der Waals surface area contributed by atoms with E-state index in [4.69, 9.17) is 0 Å². The molecule has 4 heteroatoms. The fourth-order valence-electron chi connectivity index (χ4n) is 3.85. The van der Waals surface area contributed by atoms with Crippen LogP contribution in [0.5, 0.6) is 0 Å². The van der Waals surface area contributed by atoms with E-state index in [1.807, 2.05) is 24.0 Å². The predicted molar refractivity (Wildman–Crippen MR) is 91.4 cm³/mol. The van der Waals surface area contributed by atoms with Crippen molar-refractivity contribution in [1.82, 2.24) is 4.90 Å². The summed E-state index contributed by atoms with van der Waals surface area (Å²) in [5.41, 5.74) is 3.31. The molecule has 0 unspecified atom stereocenters. The van der Waals surface area contributed by atoms with Gasteiger partial charge >= 0.3 is 0 Å². The summed E-state index contributed by atoms with van der Waals surface area (Å²) < 4.78 is 0. The Morgan fingerprint density at radius 2 is 1.83 bits per heavy atom. The summed E-state index contributed by atoms with van der Waals surface area (Å²) in [6, 6.07) is 5.69. The van der Waals surface area contributed by atoms with Crippen molar-refractivity contribution in [2.75, 3.05) is 18.0 Å². The molecule has 0 aromatic heterocycles. The number of aryl methyl sites for hydroxylation is 1. The van der Waals surface area contributed by atoms with Gasteiger partial charge in [0.15, 0.2) is 0 Å². The summed E-state index contributed by atoms with van der Waals surface area (Å²) in [4.78, 5) is 29.2. The molecule has 1 saturated heterocycles. The van der Waals surface area contributed by atoms with Crippen molar-refractivity contribution in [3.63, 3.8) is 0 Å². The third-order valence-corrected chi connectivity index (χ3v) is 5.51. The lowest BCUT2D eigenvalue weighted by atomic mass is 10.0. The first-order chi connectivity index (χ1) is 11.0. The lowest BCUT2D eigenvalue weighted by Gasteiger charge is -2.40. The Balaban J connectivity index is 1.78. The van der Waals surface area contributed by atoms with Crippen LogP contribution in [0.2, 0.25) is 0 Å². The molecule has 2 amide bonds. The SMILES string of the molecule is Cc1cccc(N2CCN(C(=O)C3CCCC3)[C@H](C)C2=O)c1C. The summed E-state index contributed by atoms with van der Waals surface area (Å²) in [6.45, 7) is 7.21. The largest absolute Gasteiger partial charge is 0.329 e. The molecule has 0 radical (unpaired) electrons. The maximum Gasteiger partial charge on any atom is 0.249 e. The van der Waals surface area contributed by atoms with Crippen LogP contribution < -0.4 is 4.90 Å². The van der Waals surface area contributed by atoms with Gasteiger partial charge in [0.25, 0.3) is 0 Å². The molecule has 2 fully saturated rings. The topological polar surface area (TPSA) is 40.6 Å². The van der Waals surface area contributed by atoms with Crippen molar-refractivity contribution in [1.29, 1.82) is 0 Å². The van der Waals surface area contributed by atoms with Crippen molar-refractivity contribution in [2.45, 2.75) is 52.5 Å². The zero-order valence-electron chi connectivity index (χ0n) is 14.3. The number of hydrogen-bond acceptors (Lipinski definition) is 2. The number of hydrogen-bond donors (Lipinski definition) is 0. The number of carbonyl (C=O) groups is 2. The molecule has 124 valence electrons. The van der Waals surface area contributed by atoms with Crippen molar-refractivity contribution in [3.8, 4) is 0 Å². The molecule has 1 atom stereocenters. The lowest BCUT2D eigenvalue weighted by Crippen LogP contribution is -2.58. The van der Waals surface area contributed by atoms with Crippen molar-refractivity contribution in [3.05, 3.63) is 29.3 Å². The normalized spacial score (nSPS) is 22.7. The number of benzene rings is 1. The molecule has 23 heavy (non-hydrogen) atoms. The summed E-state index contributed by atoms with van der Waals surface area (Å²) >= 11 is 0. The van der Waals surface area contributed by atoms with Crippen LogP contribution in [0.25, 0.3) is 0 Å². The van der Waals surface area contributed by atoms with Gasteiger partial charge in [-0.3, -0.25) is 9.59 Å². The van der Waals surface area contributed by atoms with E-state index in [0.717, 1.165) is 36.9 Å². The number of rotatable bonds is 2. The molecule has 1 aromatic rings. The number of anilines is 1. The molecule has 1 aliphatic carbocycles.